The van der Waals surface area contributed by atoms with E-state index in [2.05, 4.69) is 68.8 Å². The Morgan fingerprint density at radius 2 is 0.720 bits per heavy atom. The fourth-order valence-electron chi connectivity index (χ4n) is 14.8. The fraction of sp³-hybridized carbons (Fsp3) is 0.475. The van der Waals surface area contributed by atoms with Gasteiger partial charge in [0.1, 0.15) is 5.69 Å². The number of ketones is 1. The van der Waals surface area contributed by atoms with E-state index in [1.165, 1.54) is 151 Å². The number of alkyl halides is 18. The summed E-state index contributed by atoms with van der Waals surface area (Å²) in [6, 6.07) is 8.81. The van der Waals surface area contributed by atoms with Gasteiger partial charge in [-0.1, -0.05) is 11.6 Å². The molecule has 7 aromatic heterocycles. The summed E-state index contributed by atoms with van der Waals surface area (Å²) >= 11 is 5.77. The average molecular weight is 1920 g/mol. The van der Waals surface area contributed by atoms with Crippen LogP contribution in [0.15, 0.2) is 146 Å². The largest absolute Gasteiger partial charge is 0.468 e. The Bertz CT molecular complexity index is 5750. The molecule has 52 heteroatoms. The lowest BCUT2D eigenvalue weighted by atomic mass is 9.85. The number of aryl methyl sites for hydroxylation is 5. The second kappa shape index (κ2) is 38.5. The highest BCUT2D eigenvalue weighted by molar-refractivity contribution is 6.30. The highest BCUT2D eigenvalue weighted by Crippen LogP contribution is 2.47. The Morgan fingerprint density at radius 1 is 0.402 bits per heavy atom. The van der Waals surface area contributed by atoms with Crippen molar-refractivity contribution in [1.82, 2.24) is 33.6 Å². The normalized spacial score (nSPS) is 25.5. The summed E-state index contributed by atoms with van der Waals surface area (Å²) < 4.78 is 278. The molecule has 0 saturated carbocycles. The molecule has 7 aromatic rings. The number of hydrogen-bond acceptors (Lipinski definition) is 27. The van der Waals surface area contributed by atoms with Crippen LogP contribution < -0.4 is 67.9 Å². The summed E-state index contributed by atoms with van der Waals surface area (Å²) in [5, 5.41) is 0.373. The van der Waals surface area contributed by atoms with Crippen LogP contribution in [0.2, 0.25) is 5.02 Å². The minimum Gasteiger partial charge on any atom is -0.468 e. The lowest BCUT2D eigenvalue weighted by Gasteiger charge is -2.36. The number of aromatic amines is 2. The highest BCUT2D eigenvalue weighted by atomic mass is 35.5. The molecule has 132 heavy (non-hydrogen) atoms. The Morgan fingerprint density at radius 3 is 1.12 bits per heavy atom. The third-order valence-corrected chi connectivity index (χ3v) is 21.3. The molecule has 722 valence electrons. The number of nitrogens with one attached hydrogen (secondary N) is 2. The second-order valence-electron chi connectivity index (χ2n) is 32.6. The summed E-state index contributed by atoms with van der Waals surface area (Å²) in [5.74, 6) is -1.41. The number of amidine groups is 4. The zero-order valence-corrected chi connectivity index (χ0v) is 72.7. The number of hydrogen-bond donors (Lipinski definition) is 9. The summed E-state index contributed by atoms with van der Waals surface area (Å²) in [5.41, 5.74) is 30.3. The van der Waals surface area contributed by atoms with Crippen molar-refractivity contribution in [3.05, 3.63) is 210 Å². The molecule has 0 aliphatic carbocycles. The predicted molar refractivity (Wildman–Crippen MR) is 443 cm³/mol. The molecule has 0 aromatic carbocycles. The SMILES string of the molecule is CC1=N[C@](C)(c2cc(C)c[nH]c2=O)C[C@@H](C(F)(F)F)O1.CC1=N[C@](C)(c2cc(C)cn(C)c2=O)C[C@@H](C(F)(F)F)O1.C[C@@]1(c2cc(N)c[nH]c2=O)C[C@@H](C(F)(F)F)OC(N)=N1.C[C@@]1(c2cc(N)cnc2F)C[C@@H](C(F)(F)F)OC(N)=N1.Cn1cc(CC(=O)c2ccc(Cl)cn2)cc([C@]2(C)C[C@@H](C(F)(F)F)OC(N)=N2)c1=O.Cn1cc(N)cc([C@]2(C)C[C@@H](C(F)(F)F)OC(N)=N2)c1=O. The zero-order valence-electron chi connectivity index (χ0n) is 72.0. The smallest absolute Gasteiger partial charge is 0.425 e. The van der Waals surface area contributed by atoms with E-state index in [9.17, 15) is 112 Å². The van der Waals surface area contributed by atoms with Crippen molar-refractivity contribution < 1.29 is 117 Å². The number of nitrogen functional groups attached to an aromatic ring is 3. The molecule has 6 aliphatic rings. The van der Waals surface area contributed by atoms with Gasteiger partial charge in [0, 0.05) is 162 Å². The summed E-state index contributed by atoms with van der Waals surface area (Å²) in [6.07, 6.45) is -33.7. The van der Waals surface area contributed by atoms with Gasteiger partial charge in [-0.15, -0.1) is 0 Å². The summed E-state index contributed by atoms with van der Waals surface area (Å²) in [7, 11) is 4.47. The van der Waals surface area contributed by atoms with E-state index < -0.39 is 198 Å². The maximum atomic E-state index is 13.8. The van der Waals surface area contributed by atoms with Crippen LogP contribution in [0.5, 0.6) is 0 Å². The first kappa shape index (κ1) is 104. The number of ether oxygens (including phenoxy) is 6. The zero-order chi connectivity index (χ0) is 99.7. The first-order valence-electron chi connectivity index (χ1n) is 38.8. The van der Waals surface area contributed by atoms with Gasteiger partial charge in [0.05, 0.1) is 50.1 Å². The molecule has 12 atom stereocenters. The Balaban J connectivity index is 0.000000197. The van der Waals surface area contributed by atoms with E-state index in [-0.39, 0.29) is 85.7 Å². The quantitative estimate of drug-likeness (QED) is 0.0368. The third kappa shape index (κ3) is 25.6. The molecule has 0 radical (unpaired) electrons. The lowest BCUT2D eigenvalue weighted by molar-refractivity contribution is -0.208. The lowest BCUT2D eigenvalue weighted by Crippen LogP contribution is -2.47. The number of carbonyl (C=O) groups excluding carboxylic acids is 1. The molecule has 0 spiro atoms. The van der Waals surface area contributed by atoms with Crippen molar-refractivity contribution in [2.75, 3.05) is 17.2 Å². The number of carbonyl (C=O) groups is 1. The van der Waals surface area contributed by atoms with Crippen LogP contribution in [0.1, 0.15) is 154 Å². The van der Waals surface area contributed by atoms with Gasteiger partial charge in [-0.05, 0) is 121 Å². The third-order valence-electron chi connectivity index (χ3n) is 21.1. The monoisotopic (exact) mass is 1920 g/mol. The van der Waals surface area contributed by atoms with E-state index in [1.54, 1.807) is 39.2 Å². The van der Waals surface area contributed by atoms with Crippen molar-refractivity contribution in [2.45, 2.75) is 221 Å². The number of anilines is 3. The van der Waals surface area contributed by atoms with Crippen molar-refractivity contribution in [2.24, 2.45) is 74.0 Å². The van der Waals surface area contributed by atoms with Crippen LogP contribution in [0.4, 0.5) is 100 Å². The Labute approximate surface area is 740 Å². The first-order chi connectivity index (χ1) is 60.3. The second-order valence-corrected chi connectivity index (χ2v) is 33.0. The van der Waals surface area contributed by atoms with Crippen molar-refractivity contribution >= 4 is 70.3 Å². The number of nitrogens with two attached hydrogens (primary N) is 7. The van der Waals surface area contributed by atoms with Crippen LogP contribution in [0, 0.1) is 19.8 Å². The Kier molecular flexibility index (Phi) is 30.5. The number of aliphatic imine (C=N–C) groups is 6. The van der Waals surface area contributed by atoms with E-state index in [0.717, 1.165) is 17.3 Å². The van der Waals surface area contributed by atoms with E-state index >= 15 is 0 Å². The van der Waals surface area contributed by atoms with E-state index in [1.807, 2.05) is 0 Å². The molecule has 13 rings (SSSR count). The Hall–Kier alpha value is -12.9. The molecule has 13 heterocycles. The molecule has 16 N–H and O–H groups in total. The van der Waals surface area contributed by atoms with E-state index in [0.29, 0.717) is 10.6 Å². The maximum Gasteiger partial charge on any atom is 0.425 e. The van der Waals surface area contributed by atoms with Gasteiger partial charge >= 0.3 is 37.1 Å². The van der Waals surface area contributed by atoms with E-state index in [4.69, 9.17) is 61.2 Å². The molecular weight excluding hydrogens is 1830 g/mol. The minimum atomic E-state index is -4.68. The minimum absolute atomic E-state index is 0.0120. The molecular formula is C80H90ClF19N20O12. The average Bonchev–Trinajstić information content (AvgIpc) is 0.771. The van der Waals surface area contributed by atoms with Gasteiger partial charge in [-0.25, -0.2) is 34.9 Å². The maximum absolute atomic E-state index is 13.8. The number of nitrogens with zero attached hydrogens (tertiary/aromatic N) is 11. The standard InChI is InChI=1S/C19H18ClF3N4O3.C14H17F3N2O2.C13H15F3N2O2.C12H15F3N4O2.C11H12F4N4O.C11H13F3N4O2/c1-18(7-15(19(21,22)23)30-17(24)26-18)12-5-10(9-27(2)16(12)29)6-14(28)13-4-3-11(20)8-25-13;1-8-5-10(12(20)19(4)7-8)13(3)6-11(14(15,16)17)21-9(2)18-13;1-7-4-9(11(19)17-6-7)12(3)5-10(13(14,15)16)20-8(2)18-12;1-11(7-3-6(16)5-19(2)9(7)20)4-8(12(13,14)15)21-10(17)18-11;1-10(6-2-5(16)4-18-8(6)12)3-7(11(13,14)15)20-9(17)19-10;1-10(6-2-5(15)4-17-8(6)19)3-7(11(12,13)14)20-9(16)18-10/h3-5,8-9,15H,6-7H2,1-2H3,(H2,24,26);5,7,11H,6H2,1-4H3;4,6,10H,5H2,1-3H3,(H,17,19);3,5,8H,4,16H2,1-2H3,(H2,17,18);2,4,7H,3,16H2,1H3,(H2,17,19);2,4,7H,3,15H2,1H3,(H2,16,18)(H,17,19)/t15-,18-;11-,13-;10-,12-;8-,11-;2*7-,10-/m000000/s1. The summed E-state index contributed by atoms with van der Waals surface area (Å²) in [6.45, 7) is 14.8. The number of pyridine rings is 7. The van der Waals surface area contributed by atoms with Crippen molar-refractivity contribution in [1.29, 1.82) is 0 Å². The molecule has 6 aliphatic heterocycles. The predicted octanol–water partition coefficient (Wildman–Crippen LogP) is 11.5. The number of aromatic nitrogens is 7. The van der Waals surface area contributed by atoms with Crippen LogP contribution >= 0.6 is 11.6 Å². The fourth-order valence-corrected chi connectivity index (χ4v) is 14.9. The van der Waals surface area contributed by atoms with Crippen LogP contribution in [-0.4, -0.2) is 149 Å². The van der Waals surface area contributed by atoms with Crippen molar-refractivity contribution in [3.63, 3.8) is 0 Å². The van der Waals surface area contributed by atoms with Crippen LogP contribution in [0.3, 0.4) is 0 Å². The van der Waals surface area contributed by atoms with Gasteiger partial charge in [0.15, 0.2) is 54.2 Å². The van der Waals surface area contributed by atoms with Gasteiger partial charge in [-0.2, -0.15) is 83.4 Å². The van der Waals surface area contributed by atoms with Gasteiger partial charge < -0.3 is 92.2 Å². The highest BCUT2D eigenvalue weighted by Gasteiger charge is 2.56. The van der Waals surface area contributed by atoms with Gasteiger partial charge in [0.25, 0.3) is 51.9 Å². The van der Waals surface area contributed by atoms with Crippen LogP contribution in [-0.2, 0) is 89.2 Å². The molecule has 0 bridgehead atoms. The summed E-state index contributed by atoms with van der Waals surface area (Å²) in [4.78, 5) is 109. The molecule has 0 fully saturated rings. The topological polar surface area (TPSA) is 486 Å². The molecule has 32 nitrogen and oxygen atoms in total. The first-order valence-corrected chi connectivity index (χ1v) is 39.2. The molecule has 0 amide bonds. The number of halogens is 20. The number of rotatable bonds is 9. The number of H-pyrrole nitrogens is 2. The molecule has 0 saturated heterocycles. The van der Waals surface area contributed by atoms with Gasteiger partial charge in [0.2, 0.25) is 5.95 Å². The number of Topliss-reactive ketones (excluding diaryl/α,β-unsaturated/α-hetero) is 1. The molecule has 0 unspecified atom stereocenters. The van der Waals surface area contributed by atoms with Gasteiger partial charge in [-0.3, -0.25) is 33.8 Å². The van der Waals surface area contributed by atoms with Crippen LogP contribution in [0.25, 0.3) is 0 Å². The van der Waals surface area contributed by atoms with Crippen molar-refractivity contribution in [3.8, 4) is 0 Å².